The Morgan fingerprint density at radius 2 is 1.90 bits per heavy atom. The second-order valence-electron chi connectivity index (χ2n) is 7.39. The summed E-state index contributed by atoms with van der Waals surface area (Å²) in [6.45, 7) is 3.98. The van der Waals surface area contributed by atoms with Crippen LogP contribution in [0.1, 0.15) is 61.8 Å². The molecule has 0 atom stereocenters. The topological polar surface area (TPSA) is 90.1 Å². The molecule has 0 bridgehead atoms. The summed E-state index contributed by atoms with van der Waals surface area (Å²) in [6.07, 6.45) is 5.06. The van der Waals surface area contributed by atoms with Gasteiger partial charge < -0.3 is 15.4 Å². The number of halogens is 1. The number of aromatic hydroxyl groups is 1. The van der Waals surface area contributed by atoms with E-state index in [1.807, 2.05) is 31.2 Å². The first-order valence-corrected chi connectivity index (χ1v) is 12.0. The number of thioether (sulfide) groups is 1. The second-order valence-corrected chi connectivity index (χ2v) is 8.93. The molecule has 0 aliphatic carbocycles. The van der Waals surface area contributed by atoms with Gasteiger partial charge in [0, 0.05) is 10.5 Å². The summed E-state index contributed by atoms with van der Waals surface area (Å²) in [7, 11) is 0. The fourth-order valence-electron chi connectivity index (χ4n) is 3.53. The highest BCUT2D eigenvalue weighted by molar-refractivity contribution is 7.99. The number of carboxylic acids is 1. The van der Waals surface area contributed by atoms with Crippen LogP contribution in [0.2, 0.25) is 5.02 Å². The third kappa shape index (κ3) is 7.18. The Hall–Kier alpha value is -2.18. The summed E-state index contributed by atoms with van der Waals surface area (Å²) in [6, 6.07) is 9.29. The van der Waals surface area contributed by atoms with Crippen LogP contribution in [0.3, 0.4) is 0 Å². The number of oxime groups is 1. The molecule has 0 aliphatic heterocycles. The van der Waals surface area contributed by atoms with Gasteiger partial charge in [0.05, 0.1) is 17.2 Å². The molecule has 2 aromatic rings. The number of rotatable bonds is 12. The number of unbranched alkanes of at least 4 members (excludes halogenated alkanes) is 1. The van der Waals surface area contributed by atoms with Gasteiger partial charge in [-0.05, 0) is 72.7 Å². The predicted octanol–water partition coefficient (Wildman–Crippen LogP) is 6.33. The third-order valence-corrected chi connectivity index (χ3v) is 6.68. The van der Waals surface area contributed by atoms with Gasteiger partial charge in [0.2, 0.25) is 0 Å². The molecule has 0 fully saturated rings. The Bertz CT molecular complexity index is 930. The molecule has 0 spiro atoms. The summed E-state index contributed by atoms with van der Waals surface area (Å²) in [5.74, 6) is 0.270. The maximum absolute atomic E-state index is 10.8. The standard InChI is InChI=1S/C24H30ClNO4S/c1-3-7-18-17(10-11-19(24(18)29)21(4-2)26-30)8-5-6-13-31-22-12-9-16(14-20(22)25)15-23(27)28/h9-12,14,29-30H,3-8,13,15H2,1-2H3,(H,27,28)/b26-21+. The summed E-state index contributed by atoms with van der Waals surface area (Å²) in [5.41, 5.74) is 3.88. The fraction of sp³-hybridized carbons (Fsp3) is 0.417. The van der Waals surface area contributed by atoms with Crippen LogP contribution in [0.25, 0.3) is 0 Å². The van der Waals surface area contributed by atoms with Crippen LogP contribution in [0.15, 0.2) is 40.4 Å². The molecule has 2 rings (SSSR count). The molecule has 2 aromatic carbocycles. The van der Waals surface area contributed by atoms with Crippen LogP contribution in [0.5, 0.6) is 5.75 Å². The minimum Gasteiger partial charge on any atom is -0.507 e. The van der Waals surface area contributed by atoms with Gasteiger partial charge in [0.15, 0.2) is 0 Å². The van der Waals surface area contributed by atoms with E-state index in [0.717, 1.165) is 53.9 Å². The number of nitrogens with zero attached hydrogens (tertiary/aromatic N) is 1. The summed E-state index contributed by atoms with van der Waals surface area (Å²) in [5, 5.41) is 32.7. The Labute approximate surface area is 193 Å². The molecule has 168 valence electrons. The molecule has 0 aliphatic rings. The van der Waals surface area contributed by atoms with Gasteiger partial charge in [0.25, 0.3) is 0 Å². The van der Waals surface area contributed by atoms with E-state index in [9.17, 15) is 15.1 Å². The molecule has 0 heterocycles. The van der Waals surface area contributed by atoms with Gasteiger partial charge in [-0.2, -0.15) is 0 Å². The number of aryl methyl sites for hydroxylation is 1. The van der Waals surface area contributed by atoms with Crippen LogP contribution in [-0.2, 0) is 24.1 Å². The van der Waals surface area contributed by atoms with E-state index < -0.39 is 5.97 Å². The molecule has 0 radical (unpaired) electrons. The zero-order valence-electron chi connectivity index (χ0n) is 18.0. The zero-order chi connectivity index (χ0) is 22.8. The molecule has 0 aromatic heterocycles. The molecule has 0 amide bonds. The molecule has 0 saturated carbocycles. The Morgan fingerprint density at radius 1 is 1.13 bits per heavy atom. The normalized spacial score (nSPS) is 11.6. The number of carboxylic acid groups (broad SMARTS) is 1. The van der Waals surface area contributed by atoms with Crippen molar-refractivity contribution in [3.05, 3.63) is 57.6 Å². The molecule has 5 nitrogen and oxygen atoms in total. The van der Waals surface area contributed by atoms with Crippen LogP contribution < -0.4 is 0 Å². The van der Waals surface area contributed by atoms with Crippen LogP contribution in [-0.4, -0.2) is 32.9 Å². The number of aliphatic carboxylic acids is 1. The molecule has 0 saturated heterocycles. The highest BCUT2D eigenvalue weighted by Gasteiger charge is 2.15. The average molecular weight is 464 g/mol. The first-order valence-electron chi connectivity index (χ1n) is 10.6. The molecule has 7 heteroatoms. The molecular formula is C24H30ClNO4S. The molecule has 3 N–H and O–H groups in total. The quantitative estimate of drug-likeness (QED) is 0.112. The highest BCUT2D eigenvalue weighted by Crippen LogP contribution is 2.31. The van der Waals surface area contributed by atoms with Gasteiger partial charge in [-0.3, -0.25) is 4.79 Å². The van der Waals surface area contributed by atoms with Crippen molar-refractivity contribution in [2.45, 2.75) is 63.7 Å². The Morgan fingerprint density at radius 3 is 2.52 bits per heavy atom. The second kappa shape index (κ2) is 12.6. The lowest BCUT2D eigenvalue weighted by molar-refractivity contribution is -0.136. The zero-order valence-corrected chi connectivity index (χ0v) is 19.6. The monoisotopic (exact) mass is 463 g/mol. The SMILES string of the molecule is CCCc1c(CCCCSc2ccc(CC(=O)O)cc2Cl)ccc(/C(CC)=N/O)c1O. The van der Waals surface area contributed by atoms with Gasteiger partial charge in [-0.1, -0.05) is 49.2 Å². The van der Waals surface area contributed by atoms with E-state index in [4.69, 9.17) is 16.7 Å². The smallest absolute Gasteiger partial charge is 0.307 e. The lowest BCUT2D eigenvalue weighted by atomic mass is 9.93. The number of benzene rings is 2. The van der Waals surface area contributed by atoms with E-state index >= 15 is 0 Å². The number of phenolic OH excluding ortho intramolecular Hbond substituents is 1. The molecular weight excluding hydrogens is 434 g/mol. The first kappa shape index (κ1) is 25.1. The van der Waals surface area contributed by atoms with Crippen molar-refractivity contribution in [2.24, 2.45) is 5.16 Å². The third-order valence-electron chi connectivity index (χ3n) is 5.10. The van der Waals surface area contributed by atoms with Crippen molar-refractivity contribution >= 4 is 35.0 Å². The van der Waals surface area contributed by atoms with E-state index in [1.165, 1.54) is 0 Å². The van der Waals surface area contributed by atoms with E-state index in [0.29, 0.717) is 28.3 Å². The highest BCUT2D eigenvalue weighted by atomic mass is 35.5. The number of hydrogen-bond acceptors (Lipinski definition) is 5. The molecule has 0 unspecified atom stereocenters. The number of phenols is 1. The van der Waals surface area contributed by atoms with Gasteiger partial charge in [-0.15, -0.1) is 11.8 Å². The molecule has 31 heavy (non-hydrogen) atoms. The van der Waals surface area contributed by atoms with Gasteiger partial charge in [0.1, 0.15) is 5.75 Å². The number of hydrogen-bond donors (Lipinski definition) is 3. The van der Waals surface area contributed by atoms with Crippen molar-refractivity contribution in [2.75, 3.05) is 5.75 Å². The summed E-state index contributed by atoms with van der Waals surface area (Å²) >= 11 is 7.96. The lowest BCUT2D eigenvalue weighted by Crippen LogP contribution is -2.04. The minimum atomic E-state index is -0.868. The Balaban J connectivity index is 1.95. The average Bonchev–Trinajstić information content (AvgIpc) is 2.73. The van der Waals surface area contributed by atoms with Crippen LogP contribution in [0.4, 0.5) is 0 Å². The van der Waals surface area contributed by atoms with Crippen molar-refractivity contribution in [3.63, 3.8) is 0 Å². The van der Waals surface area contributed by atoms with Gasteiger partial charge in [-0.25, -0.2) is 0 Å². The van der Waals surface area contributed by atoms with E-state index in [1.54, 1.807) is 17.8 Å². The van der Waals surface area contributed by atoms with Crippen molar-refractivity contribution in [1.82, 2.24) is 0 Å². The van der Waals surface area contributed by atoms with Crippen LogP contribution >= 0.6 is 23.4 Å². The van der Waals surface area contributed by atoms with E-state index in [-0.39, 0.29) is 12.2 Å². The largest absolute Gasteiger partial charge is 0.507 e. The lowest BCUT2D eigenvalue weighted by Gasteiger charge is -2.15. The Kier molecular flexibility index (Phi) is 10.2. The van der Waals surface area contributed by atoms with Crippen molar-refractivity contribution in [3.8, 4) is 5.75 Å². The fourth-order valence-corrected chi connectivity index (χ4v) is 4.83. The van der Waals surface area contributed by atoms with Gasteiger partial charge >= 0.3 is 5.97 Å². The minimum absolute atomic E-state index is 0.0275. The van der Waals surface area contributed by atoms with Crippen molar-refractivity contribution in [1.29, 1.82) is 0 Å². The van der Waals surface area contributed by atoms with E-state index in [2.05, 4.69) is 12.1 Å². The van der Waals surface area contributed by atoms with Crippen molar-refractivity contribution < 1.29 is 20.2 Å². The summed E-state index contributed by atoms with van der Waals surface area (Å²) < 4.78 is 0. The maximum atomic E-state index is 10.8. The van der Waals surface area contributed by atoms with Crippen LogP contribution in [0, 0.1) is 0 Å². The maximum Gasteiger partial charge on any atom is 0.307 e. The summed E-state index contributed by atoms with van der Waals surface area (Å²) in [4.78, 5) is 11.8. The predicted molar refractivity (Wildman–Crippen MR) is 127 cm³/mol. The number of carbonyl (C=O) groups is 1. The first-order chi connectivity index (χ1) is 14.9.